The summed E-state index contributed by atoms with van der Waals surface area (Å²) in [7, 11) is 1.53. The van der Waals surface area contributed by atoms with Crippen LogP contribution >= 0.6 is 0 Å². The van der Waals surface area contributed by atoms with E-state index in [2.05, 4.69) is 5.32 Å². The molecular weight excluding hydrogens is 282 g/mol. The summed E-state index contributed by atoms with van der Waals surface area (Å²) in [6.07, 6.45) is 6.13. The van der Waals surface area contributed by atoms with Crippen LogP contribution in [0, 0.1) is 0 Å². The summed E-state index contributed by atoms with van der Waals surface area (Å²) < 4.78 is 5.19. The molecule has 1 unspecified atom stereocenters. The molecule has 0 bridgehead atoms. The van der Waals surface area contributed by atoms with Gasteiger partial charge in [0.1, 0.15) is 11.5 Å². The Morgan fingerprint density at radius 2 is 2.09 bits per heavy atom. The first kappa shape index (κ1) is 18.1. The number of hydrogen-bond donors (Lipinski definition) is 1. The number of hydrogen-bond acceptors (Lipinski definition) is 4. The molecule has 0 aromatic rings. The van der Waals surface area contributed by atoms with Gasteiger partial charge in [0.2, 0.25) is 5.91 Å². The Bertz CT molecular complexity index is 491. The predicted molar refractivity (Wildman–Crippen MR) is 84.2 cm³/mol. The second-order valence-corrected chi connectivity index (χ2v) is 5.41. The molecule has 22 heavy (non-hydrogen) atoms. The second kappa shape index (κ2) is 9.18. The lowest BCUT2D eigenvalue weighted by Crippen LogP contribution is -2.40. The highest BCUT2D eigenvalue weighted by Crippen LogP contribution is 2.20. The topological polar surface area (TPSA) is 72.5 Å². The van der Waals surface area contributed by atoms with E-state index >= 15 is 0 Å². The van der Waals surface area contributed by atoms with Gasteiger partial charge in [0.25, 0.3) is 0 Å². The van der Waals surface area contributed by atoms with Gasteiger partial charge in [-0.2, -0.15) is 0 Å². The van der Waals surface area contributed by atoms with Crippen molar-refractivity contribution in [2.45, 2.75) is 58.4 Å². The number of amides is 1. The van der Waals surface area contributed by atoms with Gasteiger partial charge in [-0.25, -0.2) is 0 Å². The third-order valence-corrected chi connectivity index (χ3v) is 3.55. The van der Waals surface area contributed by atoms with Crippen molar-refractivity contribution in [3.8, 4) is 0 Å². The zero-order valence-corrected chi connectivity index (χ0v) is 13.6. The summed E-state index contributed by atoms with van der Waals surface area (Å²) in [5.74, 6) is 0.554. The minimum atomic E-state index is -0.541. The van der Waals surface area contributed by atoms with Crippen molar-refractivity contribution < 1.29 is 19.1 Å². The highest BCUT2D eigenvalue weighted by Gasteiger charge is 2.21. The van der Waals surface area contributed by atoms with E-state index in [0.717, 1.165) is 12.0 Å². The number of carbonyl (C=O) groups excluding carboxylic acids is 3. The number of methoxy groups -OCH3 is 1. The fraction of sp³-hybridized carbons (Fsp3) is 0.588. The normalized spacial score (nSPS) is 16.2. The Balaban J connectivity index is 2.88. The monoisotopic (exact) mass is 307 g/mol. The van der Waals surface area contributed by atoms with Crippen molar-refractivity contribution in [1.82, 2.24) is 5.32 Å². The molecule has 0 heterocycles. The Kier molecular flexibility index (Phi) is 7.57. The summed E-state index contributed by atoms with van der Waals surface area (Å²) in [6, 6.07) is -0.541. The van der Waals surface area contributed by atoms with Gasteiger partial charge in [-0.1, -0.05) is 19.9 Å². The number of Topliss-reactive ketones (excluding diaryl/α,β-unsaturated/α-hetero) is 2. The number of carbonyl (C=O) groups is 3. The van der Waals surface area contributed by atoms with E-state index in [-0.39, 0.29) is 23.9 Å². The zero-order valence-electron chi connectivity index (χ0n) is 13.6. The van der Waals surface area contributed by atoms with E-state index in [1.54, 1.807) is 13.0 Å². The maximum atomic E-state index is 12.2. The van der Waals surface area contributed by atoms with Crippen molar-refractivity contribution in [1.29, 1.82) is 0 Å². The van der Waals surface area contributed by atoms with Crippen LogP contribution in [0.3, 0.4) is 0 Å². The number of nitrogens with one attached hydrogen (secondary N) is 1. The summed E-state index contributed by atoms with van der Waals surface area (Å²) in [5.41, 5.74) is 0.855. The summed E-state index contributed by atoms with van der Waals surface area (Å²) >= 11 is 0. The van der Waals surface area contributed by atoms with Crippen LogP contribution in [0.25, 0.3) is 0 Å². The van der Waals surface area contributed by atoms with E-state index in [9.17, 15) is 14.4 Å². The Hall–Kier alpha value is -1.91. The molecular formula is C17H25NO4. The average molecular weight is 307 g/mol. The zero-order chi connectivity index (χ0) is 16.5. The number of ether oxygens (including phenoxy) is 1. The largest absolute Gasteiger partial charge is 0.501 e. The molecule has 0 aromatic heterocycles. The first-order valence-electron chi connectivity index (χ1n) is 7.77. The molecule has 122 valence electrons. The predicted octanol–water partition coefficient (Wildman–Crippen LogP) is 2.46. The van der Waals surface area contributed by atoms with Crippen LogP contribution in [0.1, 0.15) is 52.4 Å². The molecule has 0 spiro atoms. The van der Waals surface area contributed by atoms with E-state index in [1.165, 1.54) is 7.11 Å². The highest BCUT2D eigenvalue weighted by atomic mass is 16.5. The lowest BCUT2D eigenvalue weighted by atomic mass is 9.98. The molecule has 0 saturated carbocycles. The van der Waals surface area contributed by atoms with Crippen molar-refractivity contribution >= 4 is 17.5 Å². The van der Waals surface area contributed by atoms with E-state index < -0.39 is 6.04 Å². The maximum Gasteiger partial charge on any atom is 0.220 e. The van der Waals surface area contributed by atoms with Gasteiger partial charge in [-0.15, -0.1) is 0 Å². The summed E-state index contributed by atoms with van der Waals surface area (Å²) in [4.78, 5) is 35.5. The Morgan fingerprint density at radius 3 is 2.68 bits per heavy atom. The van der Waals surface area contributed by atoms with Crippen LogP contribution in [0.4, 0.5) is 0 Å². The highest BCUT2D eigenvalue weighted by molar-refractivity contribution is 5.89. The van der Waals surface area contributed by atoms with Crippen LogP contribution < -0.4 is 5.32 Å². The molecule has 5 nitrogen and oxygen atoms in total. The Morgan fingerprint density at radius 1 is 1.36 bits per heavy atom. The quantitative estimate of drug-likeness (QED) is 0.747. The number of ketones is 2. The molecule has 1 atom stereocenters. The van der Waals surface area contributed by atoms with Crippen LogP contribution in [-0.2, 0) is 19.1 Å². The fourth-order valence-electron chi connectivity index (χ4n) is 2.30. The third-order valence-electron chi connectivity index (χ3n) is 3.55. The van der Waals surface area contributed by atoms with Gasteiger partial charge in [0, 0.05) is 19.3 Å². The molecule has 0 fully saturated rings. The van der Waals surface area contributed by atoms with Gasteiger partial charge in [-0.05, 0) is 24.5 Å². The van der Waals surface area contributed by atoms with Gasteiger partial charge in [0.05, 0.1) is 19.6 Å². The molecule has 0 aliphatic heterocycles. The first-order chi connectivity index (χ1) is 10.5. The third kappa shape index (κ3) is 5.84. The minimum absolute atomic E-state index is 0.0214. The van der Waals surface area contributed by atoms with Gasteiger partial charge in [0.15, 0.2) is 5.78 Å². The fourth-order valence-corrected chi connectivity index (χ4v) is 2.30. The molecule has 0 saturated heterocycles. The second-order valence-electron chi connectivity index (χ2n) is 5.41. The summed E-state index contributed by atoms with van der Waals surface area (Å²) in [5, 5.41) is 2.78. The average Bonchev–Trinajstić information content (AvgIpc) is 2.68. The number of allylic oxidation sites excluding steroid dienone is 3. The van der Waals surface area contributed by atoms with Crippen LogP contribution in [0.15, 0.2) is 23.5 Å². The van der Waals surface area contributed by atoms with Gasteiger partial charge >= 0.3 is 0 Å². The molecule has 1 aliphatic carbocycles. The minimum Gasteiger partial charge on any atom is -0.501 e. The van der Waals surface area contributed by atoms with Crippen LogP contribution in [0.5, 0.6) is 0 Å². The molecule has 0 radical (unpaired) electrons. The molecule has 1 N–H and O–H groups in total. The maximum absolute atomic E-state index is 12.2. The Labute approximate surface area is 131 Å². The molecule has 0 aromatic carbocycles. The lowest BCUT2D eigenvalue weighted by Gasteiger charge is -2.18. The molecule has 1 aliphatic rings. The van der Waals surface area contributed by atoms with Crippen molar-refractivity contribution in [3.63, 3.8) is 0 Å². The lowest BCUT2D eigenvalue weighted by molar-refractivity contribution is -0.127. The van der Waals surface area contributed by atoms with Crippen LogP contribution in [-0.4, -0.2) is 30.6 Å². The van der Waals surface area contributed by atoms with E-state index in [4.69, 9.17) is 4.74 Å². The standard InChI is InChI=1S/C17H25NO4/c1-4-6-16(20)15(18-17(21)5-2)10-12-7-8-13(19)11-14(9-12)22-3/h7,9,15H,4-6,8,10-11H2,1-3H3,(H,18,21). The van der Waals surface area contributed by atoms with Gasteiger partial charge in [-0.3, -0.25) is 14.4 Å². The van der Waals surface area contributed by atoms with Crippen molar-refractivity contribution in [2.24, 2.45) is 0 Å². The molecule has 1 rings (SSSR count). The smallest absolute Gasteiger partial charge is 0.220 e. The first-order valence-corrected chi connectivity index (χ1v) is 7.77. The van der Waals surface area contributed by atoms with Crippen molar-refractivity contribution in [2.75, 3.05) is 7.11 Å². The van der Waals surface area contributed by atoms with Crippen molar-refractivity contribution in [3.05, 3.63) is 23.5 Å². The SMILES string of the molecule is CCCC(=O)C(CC1=CCC(=O)CC(OC)=C1)NC(=O)CC. The van der Waals surface area contributed by atoms with E-state index in [0.29, 0.717) is 31.4 Å². The van der Waals surface area contributed by atoms with Crippen LogP contribution in [0.2, 0.25) is 0 Å². The summed E-state index contributed by atoms with van der Waals surface area (Å²) in [6.45, 7) is 3.69. The molecule has 1 amide bonds. The number of rotatable bonds is 8. The van der Waals surface area contributed by atoms with Gasteiger partial charge < -0.3 is 10.1 Å². The van der Waals surface area contributed by atoms with E-state index in [1.807, 2.05) is 13.0 Å². The molecule has 5 heteroatoms.